The summed E-state index contributed by atoms with van der Waals surface area (Å²) in [4.78, 5) is 0. The van der Waals surface area contributed by atoms with E-state index in [1.807, 2.05) is 13.8 Å². The van der Waals surface area contributed by atoms with Crippen molar-refractivity contribution in [3.05, 3.63) is 23.8 Å². The number of halogens is 4. The van der Waals surface area contributed by atoms with E-state index in [1.165, 1.54) is 12.1 Å². The summed E-state index contributed by atoms with van der Waals surface area (Å²) in [5.41, 5.74) is 0.371. The average Bonchev–Trinajstić information content (AvgIpc) is 3.05. The molecule has 1 aliphatic heterocycles. The summed E-state index contributed by atoms with van der Waals surface area (Å²) in [6.07, 6.45) is -3.76. The van der Waals surface area contributed by atoms with Gasteiger partial charge in [0.15, 0.2) is 0 Å². The minimum atomic E-state index is -4.67. The molecule has 0 amide bonds. The van der Waals surface area contributed by atoms with Gasteiger partial charge in [-0.05, 0) is 38.5 Å². The van der Waals surface area contributed by atoms with Crippen molar-refractivity contribution < 1.29 is 22.6 Å². The predicted molar refractivity (Wildman–Crippen MR) is 71.4 cm³/mol. The van der Waals surface area contributed by atoms with Gasteiger partial charge in [0.05, 0.1) is 0 Å². The summed E-state index contributed by atoms with van der Waals surface area (Å²) in [6.45, 7) is 4.04. The van der Waals surface area contributed by atoms with Gasteiger partial charge in [-0.3, -0.25) is 0 Å². The summed E-state index contributed by atoms with van der Waals surface area (Å²) in [6, 6.07) is 4.32. The van der Waals surface area contributed by atoms with Gasteiger partial charge in [0, 0.05) is 22.2 Å². The number of benzene rings is 1. The Labute approximate surface area is 123 Å². The maximum absolute atomic E-state index is 12.3. The van der Waals surface area contributed by atoms with Crippen LogP contribution >= 0.6 is 15.9 Å². The lowest BCUT2D eigenvalue weighted by Crippen LogP contribution is -2.39. The van der Waals surface area contributed by atoms with E-state index < -0.39 is 6.36 Å². The molecule has 1 fully saturated rings. The van der Waals surface area contributed by atoms with Crippen molar-refractivity contribution in [3.63, 3.8) is 0 Å². The van der Waals surface area contributed by atoms with Crippen LogP contribution in [-0.2, 0) is 5.41 Å². The van der Waals surface area contributed by atoms with Crippen LogP contribution in [0.2, 0.25) is 0 Å². The van der Waals surface area contributed by atoms with Gasteiger partial charge in [-0.1, -0.05) is 15.9 Å². The summed E-state index contributed by atoms with van der Waals surface area (Å²) in [7, 11) is 0. The smallest absolute Gasteiger partial charge is 0.487 e. The zero-order valence-electron chi connectivity index (χ0n) is 11.1. The molecule has 2 nitrogen and oxygen atoms in total. The van der Waals surface area contributed by atoms with E-state index in [4.69, 9.17) is 4.74 Å². The molecule has 0 spiro atoms. The standard InChI is InChI=1S/C14H14BrF3O2/c1-12(2)11-6-13(11,7-15)9-5-8(19-14(16,17)18)3-4-10(9)20-12/h3-5,11H,6-7H2,1-2H3. The Bertz CT molecular complexity index is 556. The molecule has 2 unspecified atom stereocenters. The van der Waals surface area contributed by atoms with E-state index in [0.717, 1.165) is 12.0 Å². The molecule has 6 heteroatoms. The van der Waals surface area contributed by atoms with Crippen LogP contribution in [0.15, 0.2) is 18.2 Å². The highest BCUT2D eigenvalue weighted by Crippen LogP contribution is 2.66. The second-order valence-corrected chi connectivity index (χ2v) is 6.52. The lowest BCUT2D eigenvalue weighted by Gasteiger charge is -2.36. The maximum Gasteiger partial charge on any atom is 0.573 e. The van der Waals surface area contributed by atoms with Gasteiger partial charge < -0.3 is 9.47 Å². The van der Waals surface area contributed by atoms with Gasteiger partial charge in [-0.25, -0.2) is 0 Å². The molecule has 2 aliphatic rings. The van der Waals surface area contributed by atoms with Crippen molar-refractivity contribution in [2.45, 2.75) is 37.6 Å². The molecule has 1 heterocycles. The topological polar surface area (TPSA) is 18.5 Å². The quantitative estimate of drug-likeness (QED) is 0.735. The van der Waals surface area contributed by atoms with Gasteiger partial charge in [0.1, 0.15) is 17.1 Å². The number of rotatable bonds is 2. The van der Waals surface area contributed by atoms with E-state index in [1.54, 1.807) is 6.07 Å². The van der Waals surface area contributed by atoms with Gasteiger partial charge in [0.25, 0.3) is 0 Å². The van der Waals surface area contributed by atoms with Crippen LogP contribution in [0.5, 0.6) is 11.5 Å². The summed E-state index contributed by atoms with van der Waals surface area (Å²) in [5, 5.41) is 0.708. The van der Waals surface area contributed by atoms with Crippen molar-refractivity contribution in [2.24, 2.45) is 5.92 Å². The monoisotopic (exact) mass is 350 g/mol. The van der Waals surface area contributed by atoms with Gasteiger partial charge >= 0.3 is 6.36 Å². The summed E-state index contributed by atoms with van der Waals surface area (Å²) < 4.78 is 46.9. The summed E-state index contributed by atoms with van der Waals surface area (Å²) in [5.74, 6) is 0.770. The molecule has 0 N–H and O–H groups in total. The Hall–Kier alpha value is -0.910. The number of ether oxygens (including phenoxy) is 2. The highest BCUT2D eigenvalue weighted by molar-refractivity contribution is 9.09. The van der Waals surface area contributed by atoms with Crippen molar-refractivity contribution in [1.82, 2.24) is 0 Å². The molecule has 1 aliphatic carbocycles. The molecule has 3 rings (SSSR count). The zero-order chi connectivity index (χ0) is 14.8. The molecule has 1 aromatic carbocycles. The third-order valence-electron chi connectivity index (χ3n) is 4.25. The van der Waals surface area contributed by atoms with Crippen molar-refractivity contribution in [2.75, 3.05) is 5.33 Å². The van der Waals surface area contributed by atoms with Gasteiger partial charge in [-0.15, -0.1) is 13.2 Å². The Morgan fingerprint density at radius 2 is 2.10 bits per heavy atom. The first-order chi connectivity index (χ1) is 9.18. The van der Waals surface area contributed by atoms with Crippen LogP contribution in [0.1, 0.15) is 25.8 Å². The highest BCUT2D eigenvalue weighted by Gasteiger charge is 2.65. The molecule has 110 valence electrons. The molecule has 1 aromatic rings. The van der Waals surface area contributed by atoms with Gasteiger partial charge in [-0.2, -0.15) is 0 Å². The molecular weight excluding hydrogens is 337 g/mol. The van der Waals surface area contributed by atoms with E-state index in [2.05, 4.69) is 20.7 Å². The van der Waals surface area contributed by atoms with Crippen LogP contribution < -0.4 is 9.47 Å². The van der Waals surface area contributed by atoms with Gasteiger partial charge in [0.2, 0.25) is 0 Å². The fourth-order valence-electron chi connectivity index (χ4n) is 3.27. The molecule has 0 saturated heterocycles. The molecular formula is C14H14BrF3O2. The molecule has 0 radical (unpaired) electrons. The largest absolute Gasteiger partial charge is 0.573 e. The van der Waals surface area contributed by atoms with E-state index in [-0.39, 0.29) is 16.8 Å². The summed E-state index contributed by atoms with van der Waals surface area (Å²) >= 11 is 3.50. The zero-order valence-corrected chi connectivity index (χ0v) is 12.6. The minimum absolute atomic E-state index is 0.137. The SMILES string of the molecule is CC1(C)Oc2ccc(OC(F)(F)F)cc2C2(CBr)CC12. The maximum atomic E-state index is 12.3. The van der Waals surface area contributed by atoms with Crippen LogP contribution in [0.25, 0.3) is 0 Å². The number of alkyl halides is 4. The van der Waals surface area contributed by atoms with Crippen LogP contribution in [0.4, 0.5) is 13.2 Å². The Balaban J connectivity index is 2.01. The molecule has 1 saturated carbocycles. The molecule has 0 aromatic heterocycles. The van der Waals surface area contributed by atoms with Crippen LogP contribution in [0, 0.1) is 5.92 Å². The Morgan fingerprint density at radius 3 is 2.70 bits per heavy atom. The average molecular weight is 351 g/mol. The lowest BCUT2D eigenvalue weighted by atomic mass is 9.85. The molecule has 2 atom stereocenters. The van der Waals surface area contributed by atoms with Crippen LogP contribution in [-0.4, -0.2) is 17.3 Å². The first-order valence-electron chi connectivity index (χ1n) is 6.33. The van der Waals surface area contributed by atoms with Crippen molar-refractivity contribution in [3.8, 4) is 11.5 Å². The van der Waals surface area contributed by atoms with Crippen molar-refractivity contribution >= 4 is 15.9 Å². The number of hydrogen-bond acceptors (Lipinski definition) is 2. The predicted octanol–water partition coefficient (Wildman–Crippen LogP) is 4.41. The normalized spacial score (nSPS) is 30.0. The fourth-order valence-corrected chi connectivity index (χ4v) is 4.19. The first-order valence-corrected chi connectivity index (χ1v) is 7.45. The Morgan fingerprint density at radius 1 is 1.40 bits per heavy atom. The molecule has 0 bridgehead atoms. The minimum Gasteiger partial charge on any atom is -0.487 e. The Kier molecular flexibility index (Phi) is 2.85. The van der Waals surface area contributed by atoms with E-state index >= 15 is 0 Å². The van der Waals surface area contributed by atoms with E-state index in [9.17, 15) is 13.2 Å². The second-order valence-electron chi connectivity index (χ2n) is 5.96. The number of fused-ring (bicyclic) bond motifs is 3. The second kappa shape index (κ2) is 4.06. The van der Waals surface area contributed by atoms with Crippen LogP contribution in [0.3, 0.4) is 0 Å². The molecule has 20 heavy (non-hydrogen) atoms. The fraction of sp³-hybridized carbons (Fsp3) is 0.571. The highest BCUT2D eigenvalue weighted by atomic mass is 79.9. The van der Waals surface area contributed by atoms with Crippen molar-refractivity contribution in [1.29, 1.82) is 0 Å². The van der Waals surface area contributed by atoms with E-state index in [0.29, 0.717) is 17.0 Å². The third-order valence-corrected chi connectivity index (χ3v) is 5.25. The third kappa shape index (κ3) is 2.08. The lowest BCUT2D eigenvalue weighted by molar-refractivity contribution is -0.274. The number of hydrogen-bond donors (Lipinski definition) is 0. The first kappa shape index (κ1) is 14.0.